The highest BCUT2D eigenvalue weighted by atomic mass is 32.2. The topological polar surface area (TPSA) is 74.8 Å². The Bertz CT molecular complexity index is 453. The molecule has 1 heterocycles. The van der Waals surface area contributed by atoms with Crippen LogP contribution in [0.25, 0.3) is 0 Å². The molecule has 98 valence electrons. The number of sulfonamides is 1. The van der Waals surface area contributed by atoms with Crippen molar-refractivity contribution in [3.05, 3.63) is 12.0 Å². The second kappa shape index (κ2) is 5.64. The Labute approximate surface area is 103 Å². The van der Waals surface area contributed by atoms with E-state index in [2.05, 4.69) is 28.5 Å². The normalized spacial score (nSPS) is 15.8. The summed E-state index contributed by atoms with van der Waals surface area (Å²) >= 11 is 0. The Balaban J connectivity index is 2.67. The van der Waals surface area contributed by atoms with Gasteiger partial charge >= 0.3 is 0 Å². The summed E-state index contributed by atoms with van der Waals surface area (Å²) in [6.45, 7) is 7.82. The molecule has 5 nitrogen and oxygen atoms in total. The van der Waals surface area contributed by atoms with Crippen LogP contribution in [0.2, 0.25) is 0 Å². The lowest BCUT2D eigenvalue weighted by atomic mass is 10.0. The van der Waals surface area contributed by atoms with E-state index in [1.807, 2.05) is 6.92 Å². The summed E-state index contributed by atoms with van der Waals surface area (Å²) in [5.74, 6) is 1.11. The van der Waals surface area contributed by atoms with Crippen molar-refractivity contribution in [1.82, 2.24) is 14.7 Å². The molecule has 2 N–H and O–H groups in total. The molecule has 1 rings (SSSR count). The van der Waals surface area contributed by atoms with Gasteiger partial charge in [-0.05, 0) is 26.2 Å². The minimum atomic E-state index is -3.46. The van der Waals surface area contributed by atoms with Crippen LogP contribution < -0.4 is 4.72 Å². The SMILES string of the molecule is CCC(C)CC(C)NS(=O)(=O)c1cnc(C)[nH]1. The van der Waals surface area contributed by atoms with E-state index in [-0.39, 0.29) is 11.1 Å². The Morgan fingerprint density at radius 1 is 1.47 bits per heavy atom. The van der Waals surface area contributed by atoms with Gasteiger partial charge in [0.15, 0.2) is 5.03 Å². The molecule has 0 radical (unpaired) electrons. The lowest BCUT2D eigenvalue weighted by Gasteiger charge is -2.16. The minimum absolute atomic E-state index is 0.0708. The average molecular weight is 259 g/mol. The molecule has 6 heteroatoms. The fraction of sp³-hybridized carbons (Fsp3) is 0.727. The van der Waals surface area contributed by atoms with Crippen molar-refractivity contribution in [2.45, 2.75) is 51.6 Å². The predicted octanol–water partition coefficient (Wildman–Crippen LogP) is 1.82. The van der Waals surface area contributed by atoms with Gasteiger partial charge < -0.3 is 4.98 Å². The number of nitrogens with zero attached hydrogens (tertiary/aromatic N) is 1. The fourth-order valence-electron chi connectivity index (χ4n) is 1.68. The van der Waals surface area contributed by atoms with E-state index >= 15 is 0 Å². The molecule has 0 spiro atoms. The minimum Gasteiger partial charge on any atom is -0.332 e. The van der Waals surface area contributed by atoms with E-state index in [0.29, 0.717) is 11.7 Å². The molecule has 0 aliphatic rings. The molecule has 1 aromatic heterocycles. The van der Waals surface area contributed by atoms with E-state index in [9.17, 15) is 8.42 Å². The summed E-state index contributed by atoms with van der Waals surface area (Å²) in [7, 11) is -3.46. The number of hydrogen-bond donors (Lipinski definition) is 2. The van der Waals surface area contributed by atoms with Crippen molar-refractivity contribution in [2.24, 2.45) is 5.92 Å². The number of rotatable bonds is 6. The van der Waals surface area contributed by atoms with Crippen LogP contribution in [0.1, 0.15) is 39.4 Å². The Hall–Kier alpha value is -0.880. The molecule has 2 unspecified atom stereocenters. The second-order valence-electron chi connectivity index (χ2n) is 4.60. The van der Waals surface area contributed by atoms with Crippen molar-refractivity contribution >= 4 is 10.0 Å². The fourth-order valence-corrected chi connectivity index (χ4v) is 2.91. The van der Waals surface area contributed by atoms with E-state index in [1.54, 1.807) is 6.92 Å². The predicted molar refractivity (Wildman–Crippen MR) is 67.2 cm³/mol. The lowest BCUT2D eigenvalue weighted by Crippen LogP contribution is -2.33. The van der Waals surface area contributed by atoms with Gasteiger partial charge in [-0.1, -0.05) is 20.3 Å². The Kier molecular flexibility index (Phi) is 4.70. The number of aryl methyl sites for hydroxylation is 1. The number of aromatic nitrogens is 2. The second-order valence-corrected chi connectivity index (χ2v) is 6.29. The maximum Gasteiger partial charge on any atom is 0.257 e. The quantitative estimate of drug-likeness (QED) is 0.818. The van der Waals surface area contributed by atoms with Gasteiger partial charge in [0.05, 0.1) is 6.20 Å². The van der Waals surface area contributed by atoms with Gasteiger partial charge in [-0.3, -0.25) is 0 Å². The highest BCUT2D eigenvalue weighted by Crippen LogP contribution is 2.12. The summed E-state index contributed by atoms with van der Waals surface area (Å²) in [5, 5.41) is 0.131. The van der Waals surface area contributed by atoms with E-state index in [1.165, 1.54) is 6.20 Å². The summed E-state index contributed by atoms with van der Waals surface area (Å²) < 4.78 is 26.5. The van der Waals surface area contributed by atoms with Crippen LogP contribution in [0.3, 0.4) is 0 Å². The van der Waals surface area contributed by atoms with Gasteiger partial charge in [0, 0.05) is 6.04 Å². The monoisotopic (exact) mass is 259 g/mol. The molecule has 0 amide bonds. The van der Waals surface area contributed by atoms with Gasteiger partial charge in [0.25, 0.3) is 10.0 Å². The van der Waals surface area contributed by atoms with E-state index < -0.39 is 10.0 Å². The molecule has 0 aliphatic carbocycles. The van der Waals surface area contributed by atoms with E-state index in [0.717, 1.165) is 12.8 Å². The van der Waals surface area contributed by atoms with Gasteiger partial charge in [-0.15, -0.1) is 0 Å². The number of H-pyrrole nitrogens is 1. The van der Waals surface area contributed by atoms with Crippen LogP contribution in [0.15, 0.2) is 11.2 Å². The summed E-state index contributed by atoms with van der Waals surface area (Å²) in [4.78, 5) is 6.62. The molecule has 0 saturated carbocycles. The molecule has 1 aromatic rings. The standard InChI is InChI=1S/C11H21N3O2S/c1-5-8(2)6-9(3)14-17(15,16)11-7-12-10(4)13-11/h7-9,14H,5-6H2,1-4H3,(H,12,13). The Morgan fingerprint density at radius 2 is 2.12 bits per heavy atom. The molecule has 0 aliphatic heterocycles. The molecule has 0 fully saturated rings. The number of imidazole rings is 1. The first kappa shape index (κ1) is 14.2. The third-order valence-electron chi connectivity index (χ3n) is 2.78. The van der Waals surface area contributed by atoms with Crippen molar-refractivity contribution in [3.8, 4) is 0 Å². The van der Waals surface area contributed by atoms with Crippen LogP contribution in [0.5, 0.6) is 0 Å². The molecule has 0 aromatic carbocycles. The first-order valence-corrected chi connectivity index (χ1v) is 7.37. The van der Waals surface area contributed by atoms with Crippen molar-refractivity contribution in [1.29, 1.82) is 0 Å². The van der Waals surface area contributed by atoms with Crippen LogP contribution in [-0.2, 0) is 10.0 Å². The van der Waals surface area contributed by atoms with Gasteiger partial charge in [-0.2, -0.15) is 0 Å². The lowest BCUT2D eigenvalue weighted by molar-refractivity contribution is 0.445. The van der Waals surface area contributed by atoms with Crippen molar-refractivity contribution in [3.63, 3.8) is 0 Å². The van der Waals surface area contributed by atoms with Crippen molar-refractivity contribution in [2.75, 3.05) is 0 Å². The average Bonchev–Trinajstić information content (AvgIpc) is 2.64. The largest absolute Gasteiger partial charge is 0.332 e. The smallest absolute Gasteiger partial charge is 0.257 e. The first-order valence-electron chi connectivity index (χ1n) is 5.89. The number of aromatic amines is 1. The molecular formula is C11H21N3O2S. The maximum absolute atomic E-state index is 11.9. The Morgan fingerprint density at radius 3 is 2.59 bits per heavy atom. The summed E-state index contributed by atoms with van der Waals surface area (Å²) in [6.07, 6.45) is 3.23. The number of hydrogen-bond acceptors (Lipinski definition) is 3. The third-order valence-corrected chi connectivity index (χ3v) is 4.28. The van der Waals surface area contributed by atoms with Crippen LogP contribution >= 0.6 is 0 Å². The number of nitrogens with one attached hydrogen (secondary N) is 2. The highest BCUT2D eigenvalue weighted by molar-refractivity contribution is 7.89. The van der Waals surface area contributed by atoms with Gasteiger partial charge in [0.1, 0.15) is 5.82 Å². The third kappa shape index (κ3) is 4.12. The van der Waals surface area contributed by atoms with Crippen molar-refractivity contribution < 1.29 is 8.42 Å². The molecular weight excluding hydrogens is 238 g/mol. The molecule has 17 heavy (non-hydrogen) atoms. The van der Waals surface area contributed by atoms with Crippen LogP contribution in [-0.4, -0.2) is 24.4 Å². The van der Waals surface area contributed by atoms with E-state index in [4.69, 9.17) is 0 Å². The molecule has 0 saturated heterocycles. The summed E-state index contributed by atoms with van der Waals surface area (Å²) in [5.41, 5.74) is 0. The zero-order valence-corrected chi connectivity index (χ0v) is 11.6. The molecule has 0 bridgehead atoms. The van der Waals surface area contributed by atoms with Crippen LogP contribution in [0, 0.1) is 12.8 Å². The first-order chi connectivity index (χ1) is 7.85. The summed E-state index contributed by atoms with van der Waals surface area (Å²) in [6, 6.07) is -0.0708. The zero-order valence-electron chi connectivity index (χ0n) is 10.8. The maximum atomic E-state index is 11.9. The highest BCUT2D eigenvalue weighted by Gasteiger charge is 2.20. The molecule has 2 atom stereocenters. The van der Waals surface area contributed by atoms with Gasteiger partial charge in [-0.25, -0.2) is 18.1 Å². The van der Waals surface area contributed by atoms with Crippen LogP contribution in [0.4, 0.5) is 0 Å². The zero-order chi connectivity index (χ0) is 13.1. The van der Waals surface area contributed by atoms with Gasteiger partial charge in [0.2, 0.25) is 0 Å².